The minimum absolute atomic E-state index is 0.0450. The zero-order chi connectivity index (χ0) is 19.6. The first-order valence-corrected chi connectivity index (χ1v) is 11.0. The summed E-state index contributed by atoms with van der Waals surface area (Å²) in [5.41, 5.74) is 3.61. The fourth-order valence-corrected chi connectivity index (χ4v) is 5.98. The van der Waals surface area contributed by atoms with Gasteiger partial charge in [-0.25, -0.2) is 12.7 Å². The smallest absolute Gasteiger partial charge is 0.269 e. The molecule has 144 valence electrons. The van der Waals surface area contributed by atoms with Crippen LogP contribution in [0.2, 0.25) is 0 Å². The molecule has 0 bridgehead atoms. The summed E-state index contributed by atoms with van der Waals surface area (Å²) in [6, 6.07) is 10.2. The molecule has 0 saturated heterocycles. The number of anilines is 1. The number of hydrogen-bond acceptors (Lipinski definition) is 4. The molecule has 1 fully saturated rings. The number of rotatable bonds is 2. The van der Waals surface area contributed by atoms with Gasteiger partial charge in [-0.2, -0.15) is 0 Å². The molecule has 1 saturated carbocycles. The zero-order valence-electron chi connectivity index (χ0n) is 15.5. The van der Waals surface area contributed by atoms with Crippen LogP contribution in [0.25, 0.3) is 0 Å². The van der Waals surface area contributed by atoms with Gasteiger partial charge in [-0.05, 0) is 62.4 Å². The highest BCUT2D eigenvalue weighted by Crippen LogP contribution is 2.40. The fraction of sp³-hybridized carbons (Fsp3) is 0.333. The molecule has 0 radical (unpaired) electrons. The number of amides is 2. The molecule has 1 aliphatic carbocycles. The van der Waals surface area contributed by atoms with E-state index in [1.807, 2.05) is 19.1 Å². The third kappa shape index (κ3) is 2.49. The van der Waals surface area contributed by atoms with Gasteiger partial charge < -0.3 is 4.90 Å². The molecule has 2 amide bonds. The number of fused-ring (bicyclic) bond motifs is 2. The molecule has 2 aromatic rings. The predicted molar refractivity (Wildman–Crippen MR) is 104 cm³/mol. The van der Waals surface area contributed by atoms with Crippen molar-refractivity contribution in [2.75, 3.05) is 11.4 Å². The first-order valence-electron chi connectivity index (χ1n) is 9.52. The standard InChI is InChI=1S/C21H20N2O4S/c1-13-4-9-18-14(11-13)3-2-10-22(18)20(24)15-5-8-17-19(12-15)28(26,27)23(21(17)25)16-6-7-16/h4-5,8-9,11-12,16H,2-3,6-7,10H2,1H3. The maximum Gasteiger partial charge on any atom is 0.269 e. The number of sulfonamides is 1. The second-order valence-corrected chi connectivity index (χ2v) is 9.52. The maximum absolute atomic E-state index is 13.2. The van der Waals surface area contributed by atoms with Gasteiger partial charge in [0.25, 0.3) is 21.8 Å². The molecule has 3 aliphatic rings. The van der Waals surface area contributed by atoms with Crippen molar-refractivity contribution in [3.8, 4) is 0 Å². The Morgan fingerprint density at radius 2 is 1.89 bits per heavy atom. The van der Waals surface area contributed by atoms with Crippen molar-refractivity contribution in [3.63, 3.8) is 0 Å². The lowest BCUT2D eigenvalue weighted by atomic mass is 9.98. The summed E-state index contributed by atoms with van der Waals surface area (Å²) in [5.74, 6) is -0.713. The summed E-state index contributed by atoms with van der Waals surface area (Å²) in [4.78, 5) is 27.4. The van der Waals surface area contributed by atoms with Crippen LogP contribution in [0.3, 0.4) is 0 Å². The van der Waals surface area contributed by atoms with E-state index in [1.165, 1.54) is 12.1 Å². The second-order valence-electron chi connectivity index (χ2n) is 7.74. The van der Waals surface area contributed by atoms with Gasteiger partial charge in [0.1, 0.15) is 4.90 Å². The average molecular weight is 396 g/mol. The molecule has 28 heavy (non-hydrogen) atoms. The van der Waals surface area contributed by atoms with E-state index in [4.69, 9.17) is 0 Å². The summed E-state index contributed by atoms with van der Waals surface area (Å²) < 4.78 is 26.7. The molecule has 0 atom stereocenters. The second kappa shape index (κ2) is 5.91. The molecule has 2 aromatic carbocycles. The van der Waals surface area contributed by atoms with Gasteiger partial charge in [0.2, 0.25) is 0 Å². The van der Waals surface area contributed by atoms with Crippen molar-refractivity contribution in [1.82, 2.24) is 4.31 Å². The summed E-state index contributed by atoms with van der Waals surface area (Å²) in [7, 11) is -3.87. The number of nitrogens with zero attached hydrogens (tertiary/aromatic N) is 2. The monoisotopic (exact) mass is 396 g/mol. The van der Waals surface area contributed by atoms with Crippen LogP contribution >= 0.6 is 0 Å². The summed E-state index contributed by atoms with van der Waals surface area (Å²) >= 11 is 0. The fourth-order valence-electron chi connectivity index (χ4n) is 4.14. The molecule has 2 heterocycles. The SMILES string of the molecule is Cc1ccc2c(c1)CCCN2C(=O)c1ccc2c(c1)S(=O)(=O)N(C1CC1)C2=O. The molecule has 0 spiro atoms. The molecule has 2 aliphatic heterocycles. The number of carbonyl (C=O) groups is 2. The van der Waals surface area contributed by atoms with Crippen LogP contribution in [0.15, 0.2) is 41.3 Å². The van der Waals surface area contributed by atoms with Gasteiger partial charge >= 0.3 is 0 Å². The quantitative estimate of drug-likeness (QED) is 0.782. The first-order chi connectivity index (χ1) is 13.4. The van der Waals surface area contributed by atoms with Crippen LogP contribution in [0, 0.1) is 6.92 Å². The number of carbonyl (C=O) groups excluding carboxylic acids is 2. The number of benzene rings is 2. The third-order valence-corrected chi connectivity index (χ3v) is 7.55. The summed E-state index contributed by atoms with van der Waals surface area (Å²) in [6.07, 6.45) is 3.19. The van der Waals surface area contributed by atoms with Crippen LogP contribution in [0.1, 0.15) is 51.1 Å². The van der Waals surface area contributed by atoms with E-state index in [0.717, 1.165) is 34.0 Å². The molecule has 0 aromatic heterocycles. The first kappa shape index (κ1) is 17.4. The minimum atomic E-state index is -3.87. The van der Waals surface area contributed by atoms with E-state index >= 15 is 0 Å². The Balaban J connectivity index is 1.54. The number of hydrogen-bond donors (Lipinski definition) is 0. The molecule has 0 unspecified atom stereocenters. The van der Waals surface area contributed by atoms with E-state index in [1.54, 1.807) is 11.0 Å². The Morgan fingerprint density at radius 1 is 1.11 bits per heavy atom. The van der Waals surface area contributed by atoms with Crippen molar-refractivity contribution in [3.05, 3.63) is 58.7 Å². The van der Waals surface area contributed by atoms with Crippen LogP contribution in [0.4, 0.5) is 5.69 Å². The highest BCUT2D eigenvalue weighted by atomic mass is 32.2. The van der Waals surface area contributed by atoms with Crippen LogP contribution < -0.4 is 4.90 Å². The Hall–Kier alpha value is -2.67. The normalized spacial score (nSPS) is 20.1. The zero-order valence-corrected chi connectivity index (χ0v) is 16.3. The van der Waals surface area contributed by atoms with Crippen molar-refractivity contribution < 1.29 is 18.0 Å². The lowest BCUT2D eigenvalue weighted by Gasteiger charge is -2.30. The van der Waals surface area contributed by atoms with Crippen molar-refractivity contribution in [1.29, 1.82) is 0 Å². The highest BCUT2D eigenvalue weighted by Gasteiger charge is 2.49. The van der Waals surface area contributed by atoms with Gasteiger partial charge in [0, 0.05) is 23.8 Å². The lowest BCUT2D eigenvalue weighted by molar-refractivity contribution is 0.0864. The molecule has 0 N–H and O–H groups in total. The van der Waals surface area contributed by atoms with Gasteiger partial charge in [-0.1, -0.05) is 17.7 Å². The minimum Gasteiger partial charge on any atom is -0.308 e. The van der Waals surface area contributed by atoms with Crippen molar-refractivity contribution in [2.24, 2.45) is 0 Å². The Labute approximate surface area is 163 Å². The molecule has 5 rings (SSSR count). The molecule has 7 heteroatoms. The van der Waals surface area contributed by atoms with Gasteiger partial charge in [0.05, 0.1) is 5.56 Å². The molecular weight excluding hydrogens is 376 g/mol. The van der Waals surface area contributed by atoms with Crippen LogP contribution in [-0.2, 0) is 16.4 Å². The number of aryl methyl sites for hydroxylation is 2. The maximum atomic E-state index is 13.2. The van der Waals surface area contributed by atoms with Gasteiger partial charge in [-0.3, -0.25) is 9.59 Å². The Kier molecular flexibility index (Phi) is 3.68. The molecular formula is C21H20N2O4S. The van der Waals surface area contributed by atoms with Crippen molar-refractivity contribution >= 4 is 27.5 Å². The Morgan fingerprint density at radius 3 is 2.64 bits per heavy atom. The lowest BCUT2D eigenvalue weighted by Crippen LogP contribution is -2.35. The summed E-state index contributed by atoms with van der Waals surface area (Å²) in [6.45, 7) is 2.61. The van der Waals surface area contributed by atoms with E-state index in [2.05, 4.69) is 6.07 Å². The topological polar surface area (TPSA) is 74.8 Å². The van der Waals surface area contributed by atoms with Gasteiger partial charge in [0.15, 0.2) is 0 Å². The van der Waals surface area contributed by atoms with E-state index in [-0.39, 0.29) is 22.4 Å². The summed E-state index contributed by atoms with van der Waals surface area (Å²) in [5, 5.41) is 0. The van der Waals surface area contributed by atoms with Crippen molar-refractivity contribution in [2.45, 2.75) is 43.5 Å². The average Bonchev–Trinajstić information content (AvgIpc) is 3.48. The van der Waals surface area contributed by atoms with Crippen LogP contribution in [0.5, 0.6) is 0 Å². The van der Waals surface area contributed by atoms with Crippen LogP contribution in [-0.4, -0.2) is 37.1 Å². The van der Waals surface area contributed by atoms with E-state index in [9.17, 15) is 18.0 Å². The highest BCUT2D eigenvalue weighted by molar-refractivity contribution is 7.90. The predicted octanol–water partition coefficient (Wildman–Crippen LogP) is 2.89. The van der Waals surface area contributed by atoms with E-state index in [0.29, 0.717) is 24.9 Å². The van der Waals surface area contributed by atoms with Gasteiger partial charge in [-0.15, -0.1) is 0 Å². The molecule has 6 nitrogen and oxygen atoms in total. The Bertz CT molecular complexity index is 1140. The van der Waals surface area contributed by atoms with E-state index < -0.39 is 15.9 Å². The largest absolute Gasteiger partial charge is 0.308 e. The third-order valence-electron chi connectivity index (χ3n) is 5.67.